The Hall–Kier alpha value is -1.55. The van der Waals surface area contributed by atoms with Crippen LogP contribution < -0.4 is 4.74 Å². The van der Waals surface area contributed by atoms with E-state index in [0.29, 0.717) is 10.8 Å². The predicted molar refractivity (Wildman–Crippen MR) is 81.8 cm³/mol. The number of ketones is 1. The maximum absolute atomic E-state index is 12.1. The number of ether oxygens (including phenoxy) is 2. The zero-order chi connectivity index (χ0) is 16.2. The molecule has 0 bridgehead atoms. The fraction of sp³-hybridized carbons (Fsp3) is 0.500. The van der Waals surface area contributed by atoms with E-state index in [2.05, 4.69) is 0 Å². The Balaban J connectivity index is 2.75. The van der Waals surface area contributed by atoms with Crippen LogP contribution in [0.1, 0.15) is 31.9 Å². The van der Waals surface area contributed by atoms with E-state index in [1.165, 1.54) is 13.8 Å². The second-order valence-electron chi connectivity index (χ2n) is 5.43. The van der Waals surface area contributed by atoms with Gasteiger partial charge in [0.1, 0.15) is 17.8 Å². The summed E-state index contributed by atoms with van der Waals surface area (Å²) in [6.07, 6.45) is 0. The topological polar surface area (TPSA) is 52.6 Å². The smallest absolute Gasteiger partial charge is 0.319 e. The number of Topliss-reactive ketones (excluding diaryl/α,β-unsaturated/α-hetero) is 1. The van der Waals surface area contributed by atoms with Crippen molar-refractivity contribution >= 4 is 23.4 Å². The summed E-state index contributed by atoms with van der Waals surface area (Å²) in [5.74, 6) is -0.310. The lowest BCUT2D eigenvalue weighted by Crippen LogP contribution is -2.38. The first-order valence-corrected chi connectivity index (χ1v) is 7.18. The highest BCUT2D eigenvalue weighted by atomic mass is 35.5. The van der Waals surface area contributed by atoms with Crippen LogP contribution in [0.3, 0.4) is 0 Å². The zero-order valence-electron chi connectivity index (χ0n) is 13.1. The Morgan fingerprint density at radius 2 is 1.71 bits per heavy atom. The molecule has 1 aromatic carbocycles. The van der Waals surface area contributed by atoms with Gasteiger partial charge in [0.2, 0.25) is 0 Å². The van der Waals surface area contributed by atoms with Crippen molar-refractivity contribution in [1.29, 1.82) is 0 Å². The first-order chi connectivity index (χ1) is 9.70. The molecular formula is C16H21ClO4. The highest BCUT2D eigenvalue weighted by Gasteiger charge is 2.37. The predicted octanol–water partition coefficient (Wildman–Crippen LogP) is 3.49. The Morgan fingerprint density at radius 1 is 1.19 bits per heavy atom. The van der Waals surface area contributed by atoms with E-state index in [1.54, 1.807) is 19.1 Å². The third-order valence-corrected chi connectivity index (χ3v) is 3.86. The highest BCUT2D eigenvalue weighted by Crippen LogP contribution is 2.26. The van der Waals surface area contributed by atoms with Crippen molar-refractivity contribution in [2.24, 2.45) is 5.41 Å². The second kappa shape index (κ2) is 6.94. The summed E-state index contributed by atoms with van der Waals surface area (Å²) in [7, 11) is 0. The van der Waals surface area contributed by atoms with Gasteiger partial charge in [0.15, 0.2) is 5.78 Å². The van der Waals surface area contributed by atoms with Crippen LogP contribution >= 0.6 is 11.6 Å². The molecule has 21 heavy (non-hydrogen) atoms. The SMILES string of the molecule is CCOC(=O)C(C)(C)C(=O)COc1cc(C)c(Cl)c(C)c1. The second-order valence-corrected chi connectivity index (χ2v) is 5.81. The lowest BCUT2D eigenvalue weighted by molar-refractivity contribution is -0.158. The average molecular weight is 313 g/mol. The van der Waals surface area contributed by atoms with Crippen molar-refractivity contribution < 1.29 is 19.1 Å². The molecule has 5 heteroatoms. The molecule has 0 fully saturated rings. The van der Waals surface area contributed by atoms with Gasteiger partial charge in [-0.3, -0.25) is 9.59 Å². The first kappa shape index (κ1) is 17.5. The standard InChI is InChI=1S/C16H21ClO4/c1-6-20-15(19)16(4,5)13(18)9-21-12-7-10(2)14(17)11(3)8-12/h7-8H,6,9H2,1-5H3. The number of aryl methyl sites for hydroxylation is 2. The van der Waals surface area contributed by atoms with Crippen molar-refractivity contribution in [2.75, 3.05) is 13.2 Å². The van der Waals surface area contributed by atoms with Gasteiger partial charge in [-0.1, -0.05) is 11.6 Å². The van der Waals surface area contributed by atoms with E-state index in [4.69, 9.17) is 21.1 Å². The van der Waals surface area contributed by atoms with Crippen molar-refractivity contribution in [3.05, 3.63) is 28.3 Å². The molecule has 0 N–H and O–H groups in total. The van der Waals surface area contributed by atoms with Crippen molar-refractivity contribution in [3.8, 4) is 5.75 Å². The normalized spacial score (nSPS) is 11.1. The molecule has 0 amide bonds. The summed E-state index contributed by atoms with van der Waals surface area (Å²) in [6, 6.07) is 3.53. The molecule has 0 spiro atoms. The van der Waals surface area contributed by atoms with E-state index in [1.807, 2.05) is 13.8 Å². The Kier molecular flexibility index (Phi) is 5.78. The number of rotatable bonds is 6. The van der Waals surface area contributed by atoms with Crippen LogP contribution in [0.15, 0.2) is 12.1 Å². The van der Waals surface area contributed by atoms with Gasteiger partial charge in [0, 0.05) is 5.02 Å². The molecule has 0 aliphatic heterocycles. The van der Waals surface area contributed by atoms with Gasteiger partial charge in [-0.05, 0) is 57.9 Å². The summed E-state index contributed by atoms with van der Waals surface area (Å²) >= 11 is 6.08. The minimum Gasteiger partial charge on any atom is -0.486 e. The number of esters is 1. The quantitative estimate of drug-likeness (QED) is 0.596. The fourth-order valence-electron chi connectivity index (χ4n) is 1.74. The molecule has 0 aromatic heterocycles. The minimum atomic E-state index is -1.22. The summed E-state index contributed by atoms with van der Waals surface area (Å²) in [6.45, 7) is 8.57. The third kappa shape index (κ3) is 4.21. The van der Waals surface area contributed by atoms with Crippen LogP contribution in [0.5, 0.6) is 5.75 Å². The third-order valence-electron chi connectivity index (χ3n) is 3.26. The molecule has 4 nitrogen and oxygen atoms in total. The average Bonchev–Trinajstić information content (AvgIpc) is 2.42. The molecule has 0 unspecified atom stereocenters. The molecule has 0 atom stereocenters. The van der Waals surface area contributed by atoms with Crippen molar-refractivity contribution in [1.82, 2.24) is 0 Å². The van der Waals surface area contributed by atoms with E-state index in [-0.39, 0.29) is 19.0 Å². The van der Waals surface area contributed by atoms with Gasteiger partial charge in [-0.15, -0.1) is 0 Å². The van der Waals surface area contributed by atoms with Crippen LogP contribution in [0, 0.1) is 19.3 Å². The number of carbonyl (C=O) groups excluding carboxylic acids is 2. The van der Waals surface area contributed by atoms with Gasteiger partial charge < -0.3 is 9.47 Å². The van der Waals surface area contributed by atoms with Crippen molar-refractivity contribution in [3.63, 3.8) is 0 Å². The Morgan fingerprint density at radius 3 is 2.19 bits per heavy atom. The van der Waals surface area contributed by atoms with Gasteiger partial charge in [-0.2, -0.15) is 0 Å². The maximum Gasteiger partial charge on any atom is 0.319 e. The van der Waals surface area contributed by atoms with E-state index < -0.39 is 11.4 Å². The number of hydrogen-bond acceptors (Lipinski definition) is 4. The lowest BCUT2D eigenvalue weighted by atomic mass is 9.88. The monoisotopic (exact) mass is 312 g/mol. The molecular weight excluding hydrogens is 292 g/mol. The van der Waals surface area contributed by atoms with Gasteiger partial charge in [0.25, 0.3) is 0 Å². The summed E-state index contributed by atoms with van der Waals surface area (Å²) in [5, 5.41) is 0.681. The zero-order valence-corrected chi connectivity index (χ0v) is 13.8. The number of halogens is 1. The molecule has 0 saturated heterocycles. The molecule has 0 heterocycles. The maximum atomic E-state index is 12.1. The number of benzene rings is 1. The number of hydrogen-bond donors (Lipinski definition) is 0. The Labute approximate surface area is 130 Å². The molecule has 116 valence electrons. The molecule has 0 saturated carbocycles. The van der Waals surface area contributed by atoms with Gasteiger partial charge in [-0.25, -0.2) is 0 Å². The summed E-state index contributed by atoms with van der Waals surface area (Å²) < 4.78 is 10.4. The van der Waals surface area contributed by atoms with Gasteiger partial charge in [0.05, 0.1) is 6.61 Å². The van der Waals surface area contributed by atoms with Crippen LogP contribution in [-0.4, -0.2) is 25.0 Å². The molecule has 0 aliphatic carbocycles. The Bertz CT molecular complexity index is 526. The largest absolute Gasteiger partial charge is 0.486 e. The molecule has 1 rings (SSSR count). The van der Waals surface area contributed by atoms with E-state index >= 15 is 0 Å². The van der Waals surface area contributed by atoms with E-state index in [9.17, 15) is 9.59 Å². The van der Waals surface area contributed by atoms with Crippen LogP contribution in [0.4, 0.5) is 0 Å². The van der Waals surface area contributed by atoms with Gasteiger partial charge >= 0.3 is 5.97 Å². The molecule has 0 aliphatic rings. The summed E-state index contributed by atoms with van der Waals surface area (Å²) in [5.41, 5.74) is 0.541. The number of carbonyl (C=O) groups is 2. The van der Waals surface area contributed by atoms with Crippen molar-refractivity contribution in [2.45, 2.75) is 34.6 Å². The van der Waals surface area contributed by atoms with E-state index in [0.717, 1.165) is 11.1 Å². The van der Waals surface area contributed by atoms with Crippen LogP contribution in [0.25, 0.3) is 0 Å². The van der Waals surface area contributed by atoms with Crippen LogP contribution in [-0.2, 0) is 14.3 Å². The molecule has 1 aromatic rings. The molecule has 0 radical (unpaired) electrons. The lowest BCUT2D eigenvalue weighted by Gasteiger charge is -2.21. The highest BCUT2D eigenvalue weighted by molar-refractivity contribution is 6.32. The summed E-state index contributed by atoms with van der Waals surface area (Å²) in [4.78, 5) is 23.9. The fourth-order valence-corrected chi connectivity index (χ4v) is 1.85. The van der Waals surface area contributed by atoms with Crippen LogP contribution in [0.2, 0.25) is 5.02 Å². The minimum absolute atomic E-state index is 0.188. The first-order valence-electron chi connectivity index (χ1n) is 6.80.